The summed E-state index contributed by atoms with van der Waals surface area (Å²) in [4.78, 5) is 1.02. The molecule has 19 heavy (non-hydrogen) atoms. The van der Waals surface area contributed by atoms with Crippen molar-refractivity contribution < 1.29 is 4.74 Å². The van der Waals surface area contributed by atoms with Gasteiger partial charge in [-0.05, 0) is 42.5 Å². The lowest BCUT2D eigenvalue weighted by molar-refractivity contribution is 0.339. The van der Waals surface area contributed by atoms with E-state index in [1.807, 2.05) is 43.5 Å². The zero-order chi connectivity index (χ0) is 13.8. The summed E-state index contributed by atoms with van der Waals surface area (Å²) in [5, 5.41) is 2.81. The summed E-state index contributed by atoms with van der Waals surface area (Å²) in [6.07, 6.45) is 0. The van der Waals surface area contributed by atoms with Crippen LogP contribution in [0.15, 0.2) is 29.6 Å². The van der Waals surface area contributed by atoms with Crippen molar-refractivity contribution >= 4 is 22.9 Å². The predicted molar refractivity (Wildman–Crippen MR) is 80.8 cm³/mol. The molecule has 1 aromatic heterocycles. The van der Waals surface area contributed by atoms with Gasteiger partial charge in [0.2, 0.25) is 0 Å². The van der Waals surface area contributed by atoms with E-state index < -0.39 is 0 Å². The van der Waals surface area contributed by atoms with E-state index in [2.05, 4.69) is 5.43 Å². The number of nitrogens with two attached hydrogens (primary N) is 1. The second kappa shape index (κ2) is 6.39. The Kier molecular flexibility index (Phi) is 4.82. The number of thiophene rings is 1. The van der Waals surface area contributed by atoms with Crippen molar-refractivity contribution in [1.29, 1.82) is 0 Å². The summed E-state index contributed by atoms with van der Waals surface area (Å²) in [7, 11) is 0. The Morgan fingerprint density at radius 3 is 2.84 bits per heavy atom. The molecule has 2 rings (SSSR count). The molecule has 0 saturated carbocycles. The standard InChI is InChI=1S/C14H17ClN2OS/c1-3-18-11-6-4-5-10(7-11)13(17-16)14-12(15)9(2)8-19-14/h4-8,13,17H,3,16H2,1-2H3. The van der Waals surface area contributed by atoms with E-state index in [0.29, 0.717) is 6.61 Å². The van der Waals surface area contributed by atoms with Gasteiger partial charge in [0.05, 0.1) is 17.7 Å². The van der Waals surface area contributed by atoms with Crippen molar-refractivity contribution in [3.63, 3.8) is 0 Å². The third-order valence-electron chi connectivity index (χ3n) is 2.86. The van der Waals surface area contributed by atoms with Gasteiger partial charge in [0, 0.05) is 4.88 Å². The maximum absolute atomic E-state index is 6.32. The van der Waals surface area contributed by atoms with Crippen LogP contribution in [-0.2, 0) is 0 Å². The molecular weight excluding hydrogens is 280 g/mol. The molecule has 0 aliphatic rings. The number of ether oxygens (including phenoxy) is 1. The van der Waals surface area contributed by atoms with Crippen molar-refractivity contribution in [2.24, 2.45) is 5.84 Å². The maximum Gasteiger partial charge on any atom is 0.119 e. The van der Waals surface area contributed by atoms with Crippen molar-refractivity contribution in [3.05, 3.63) is 50.7 Å². The minimum atomic E-state index is -0.119. The Hall–Kier alpha value is -1.07. The summed E-state index contributed by atoms with van der Waals surface area (Å²) in [5.41, 5.74) is 4.94. The number of hydrogen-bond acceptors (Lipinski definition) is 4. The minimum Gasteiger partial charge on any atom is -0.494 e. The van der Waals surface area contributed by atoms with Gasteiger partial charge in [0.25, 0.3) is 0 Å². The Morgan fingerprint density at radius 1 is 1.47 bits per heavy atom. The van der Waals surface area contributed by atoms with Crippen molar-refractivity contribution in [2.75, 3.05) is 6.61 Å². The topological polar surface area (TPSA) is 47.3 Å². The van der Waals surface area contributed by atoms with Crippen molar-refractivity contribution in [2.45, 2.75) is 19.9 Å². The average Bonchev–Trinajstić information content (AvgIpc) is 2.73. The SMILES string of the molecule is CCOc1cccc(C(NN)c2scc(C)c2Cl)c1. The number of benzene rings is 1. The lowest BCUT2D eigenvalue weighted by Crippen LogP contribution is -2.28. The number of nitrogens with one attached hydrogen (secondary N) is 1. The predicted octanol–water partition coefficient (Wildman–Crippen LogP) is 3.66. The van der Waals surface area contributed by atoms with Crippen LogP contribution < -0.4 is 16.0 Å². The quantitative estimate of drug-likeness (QED) is 0.654. The van der Waals surface area contributed by atoms with Gasteiger partial charge >= 0.3 is 0 Å². The van der Waals surface area contributed by atoms with E-state index in [-0.39, 0.29) is 6.04 Å². The van der Waals surface area contributed by atoms with E-state index in [1.165, 1.54) is 0 Å². The van der Waals surface area contributed by atoms with E-state index in [4.69, 9.17) is 22.2 Å². The van der Waals surface area contributed by atoms with Crippen molar-refractivity contribution in [3.8, 4) is 5.75 Å². The van der Waals surface area contributed by atoms with Gasteiger partial charge < -0.3 is 4.74 Å². The monoisotopic (exact) mass is 296 g/mol. The number of hydrogen-bond donors (Lipinski definition) is 2. The summed E-state index contributed by atoms with van der Waals surface area (Å²) < 4.78 is 5.51. The average molecular weight is 297 g/mol. The Labute approximate surface area is 122 Å². The third-order valence-corrected chi connectivity index (χ3v) is 4.64. The fourth-order valence-electron chi connectivity index (χ4n) is 1.92. The van der Waals surface area contributed by atoms with E-state index >= 15 is 0 Å². The van der Waals surface area contributed by atoms with Gasteiger partial charge in [0.15, 0.2) is 0 Å². The van der Waals surface area contributed by atoms with Crippen molar-refractivity contribution in [1.82, 2.24) is 5.43 Å². The molecule has 2 aromatic rings. The van der Waals surface area contributed by atoms with Crippen LogP contribution in [0.25, 0.3) is 0 Å². The first-order valence-corrected chi connectivity index (χ1v) is 7.35. The van der Waals surface area contributed by atoms with Crippen LogP contribution in [0.2, 0.25) is 5.02 Å². The zero-order valence-corrected chi connectivity index (χ0v) is 12.5. The Morgan fingerprint density at radius 2 is 2.26 bits per heavy atom. The minimum absolute atomic E-state index is 0.119. The van der Waals surface area contributed by atoms with Crippen LogP contribution in [-0.4, -0.2) is 6.61 Å². The number of halogens is 1. The molecule has 0 amide bonds. The molecule has 3 N–H and O–H groups in total. The summed E-state index contributed by atoms with van der Waals surface area (Å²) in [5.74, 6) is 6.53. The molecule has 0 radical (unpaired) electrons. The van der Waals surface area contributed by atoms with Crippen LogP contribution in [0.5, 0.6) is 5.75 Å². The Balaban J connectivity index is 2.36. The Bertz CT molecular complexity index is 556. The molecule has 0 bridgehead atoms. The van der Waals surface area contributed by atoms with E-state index in [0.717, 1.165) is 26.8 Å². The second-order valence-electron chi connectivity index (χ2n) is 4.20. The third kappa shape index (κ3) is 3.09. The highest BCUT2D eigenvalue weighted by Gasteiger charge is 2.19. The molecule has 1 heterocycles. The zero-order valence-electron chi connectivity index (χ0n) is 10.9. The van der Waals surface area contributed by atoms with Gasteiger partial charge in [0.1, 0.15) is 5.75 Å². The fraction of sp³-hybridized carbons (Fsp3) is 0.286. The molecule has 0 aliphatic carbocycles. The summed E-state index contributed by atoms with van der Waals surface area (Å²) >= 11 is 7.92. The molecule has 0 aliphatic heterocycles. The first-order valence-electron chi connectivity index (χ1n) is 6.09. The molecule has 0 fully saturated rings. The van der Waals surface area contributed by atoms with Crippen LogP contribution in [0.3, 0.4) is 0 Å². The van der Waals surface area contributed by atoms with Gasteiger partial charge in [-0.15, -0.1) is 11.3 Å². The summed E-state index contributed by atoms with van der Waals surface area (Å²) in [6, 6.07) is 7.77. The normalized spacial score (nSPS) is 12.4. The molecule has 0 saturated heterocycles. The molecule has 1 aromatic carbocycles. The first-order chi connectivity index (χ1) is 9.17. The van der Waals surface area contributed by atoms with E-state index in [1.54, 1.807) is 11.3 Å². The van der Waals surface area contributed by atoms with Crippen LogP contribution in [0.4, 0.5) is 0 Å². The highest BCUT2D eigenvalue weighted by molar-refractivity contribution is 7.10. The fourth-order valence-corrected chi connectivity index (χ4v) is 3.31. The number of aryl methyl sites for hydroxylation is 1. The number of rotatable bonds is 5. The van der Waals surface area contributed by atoms with Crippen LogP contribution in [0.1, 0.15) is 29.0 Å². The molecule has 102 valence electrons. The van der Waals surface area contributed by atoms with Gasteiger partial charge in [-0.1, -0.05) is 23.7 Å². The summed E-state index contributed by atoms with van der Waals surface area (Å²) in [6.45, 7) is 4.60. The van der Waals surface area contributed by atoms with Gasteiger partial charge in [-0.2, -0.15) is 0 Å². The highest BCUT2D eigenvalue weighted by Crippen LogP contribution is 2.36. The smallest absolute Gasteiger partial charge is 0.119 e. The van der Waals surface area contributed by atoms with Crippen LogP contribution in [0, 0.1) is 6.92 Å². The lowest BCUT2D eigenvalue weighted by atomic mass is 10.1. The maximum atomic E-state index is 6.32. The van der Waals surface area contributed by atoms with Gasteiger partial charge in [-0.3, -0.25) is 5.84 Å². The second-order valence-corrected chi connectivity index (χ2v) is 5.49. The lowest BCUT2D eigenvalue weighted by Gasteiger charge is -2.16. The molecule has 3 nitrogen and oxygen atoms in total. The molecule has 0 spiro atoms. The molecule has 1 atom stereocenters. The van der Waals surface area contributed by atoms with E-state index in [9.17, 15) is 0 Å². The molecule has 1 unspecified atom stereocenters. The van der Waals surface area contributed by atoms with Gasteiger partial charge in [-0.25, -0.2) is 5.43 Å². The van der Waals surface area contributed by atoms with Crippen LogP contribution >= 0.6 is 22.9 Å². The highest BCUT2D eigenvalue weighted by atomic mass is 35.5. The largest absolute Gasteiger partial charge is 0.494 e. The number of hydrazine groups is 1. The molecular formula is C14H17ClN2OS. The first kappa shape index (κ1) is 14.3. The molecule has 5 heteroatoms.